The summed E-state index contributed by atoms with van der Waals surface area (Å²) in [5.74, 6) is 1.60. The number of anilines is 1. The van der Waals surface area contributed by atoms with Crippen molar-refractivity contribution < 1.29 is 37.7 Å². The summed E-state index contributed by atoms with van der Waals surface area (Å²) < 4.78 is 34.8. The number of hydrogen-bond donors (Lipinski definition) is 1. The summed E-state index contributed by atoms with van der Waals surface area (Å²) >= 11 is 0. The topological polar surface area (TPSA) is 102 Å². The lowest BCUT2D eigenvalue weighted by Crippen LogP contribution is -2.35. The van der Waals surface area contributed by atoms with Gasteiger partial charge in [-0.2, -0.15) is 0 Å². The van der Waals surface area contributed by atoms with Crippen LogP contribution in [0.2, 0.25) is 18.1 Å². The minimum absolute atomic E-state index is 0.296. The average Bonchev–Trinajstić information content (AvgIpc) is 2.91. The molecule has 0 saturated carbocycles. The van der Waals surface area contributed by atoms with Crippen molar-refractivity contribution in [2.24, 2.45) is 0 Å². The van der Waals surface area contributed by atoms with E-state index in [-0.39, 0.29) is 0 Å². The Morgan fingerprint density at radius 1 is 0.872 bits per heavy atom. The van der Waals surface area contributed by atoms with Gasteiger partial charge >= 0.3 is 6.09 Å². The van der Waals surface area contributed by atoms with Gasteiger partial charge in [-0.15, -0.1) is 0 Å². The zero-order valence-corrected chi connectivity index (χ0v) is 25.9. The highest BCUT2D eigenvalue weighted by Gasteiger charge is 2.31. The van der Waals surface area contributed by atoms with E-state index in [1.165, 1.54) is 21.3 Å². The van der Waals surface area contributed by atoms with E-state index in [2.05, 4.69) is 26.1 Å². The first kappa shape index (κ1) is 32.0. The summed E-state index contributed by atoms with van der Waals surface area (Å²) in [6.07, 6.45) is 0.0575. The molecule has 0 unspecified atom stereocenters. The zero-order valence-electron chi connectivity index (χ0n) is 24.9. The average molecular weight is 562 g/mol. The summed E-state index contributed by atoms with van der Waals surface area (Å²) in [7, 11) is 4.15. The Bertz CT molecular complexity index is 1150. The molecule has 0 spiro atoms. The van der Waals surface area contributed by atoms with Crippen LogP contribution in [0.5, 0.6) is 23.0 Å². The van der Waals surface area contributed by atoms with Crippen LogP contribution in [0.4, 0.5) is 10.5 Å². The number of ether oxygens (including phenoxy) is 5. The highest BCUT2D eigenvalue weighted by Crippen LogP contribution is 2.49. The number of hydrogen-bond acceptors (Lipinski definition) is 8. The molecule has 0 atom stereocenters. The molecule has 0 aromatic heterocycles. The summed E-state index contributed by atoms with van der Waals surface area (Å²) in [5, 5.41) is 2.68. The third-order valence-electron chi connectivity index (χ3n) is 6.78. The first-order valence-electron chi connectivity index (χ1n) is 13.1. The standard InChI is InChI=1S/C29H43NO8Si/c1-11-39(12-2,13-3)37-18-20-15-24(34-8)26(35-9)27(36-10)25(20)21-16-23(33-7)22(14-19(21)17-31)30-28(32)38-29(4,5)6/h14-17H,11-13,18H2,1-10H3,(H,30,32). The molecular formula is C29H43NO8Si. The fourth-order valence-corrected chi connectivity index (χ4v) is 7.07. The van der Waals surface area contributed by atoms with Crippen LogP contribution in [0.3, 0.4) is 0 Å². The number of rotatable bonds is 13. The van der Waals surface area contributed by atoms with Crippen molar-refractivity contribution in [3.63, 3.8) is 0 Å². The number of carbonyl (C=O) groups excluding carboxylic acids is 2. The number of nitrogens with one attached hydrogen (secondary N) is 1. The lowest BCUT2D eigenvalue weighted by Gasteiger charge is -2.29. The maximum Gasteiger partial charge on any atom is 0.412 e. The van der Waals surface area contributed by atoms with Crippen LogP contribution < -0.4 is 24.3 Å². The van der Waals surface area contributed by atoms with E-state index in [9.17, 15) is 9.59 Å². The van der Waals surface area contributed by atoms with Crippen molar-refractivity contribution in [2.45, 2.75) is 71.9 Å². The maximum absolute atomic E-state index is 12.5. The molecule has 9 nitrogen and oxygen atoms in total. The largest absolute Gasteiger partial charge is 0.495 e. The Kier molecular flexibility index (Phi) is 11.2. The van der Waals surface area contributed by atoms with Crippen LogP contribution in [-0.2, 0) is 15.8 Å². The first-order chi connectivity index (χ1) is 18.5. The highest BCUT2D eigenvalue weighted by molar-refractivity contribution is 6.73. The van der Waals surface area contributed by atoms with Crippen molar-refractivity contribution in [2.75, 3.05) is 33.8 Å². The van der Waals surface area contributed by atoms with Gasteiger partial charge in [-0.25, -0.2) is 4.79 Å². The van der Waals surface area contributed by atoms with E-state index in [1.807, 2.05) is 6.07 Å². The highest BCUT2D eigenvalue weighted by atomic mass is 28.4. The third kappa shape index (κ3) is 7.45. The van der Waals surface area contributed by atoms with E-state index in [0.717, 1.165) is 30.0 Å². The molecule has 0 bridgehead atoms. The van der Waals surface area contributed by atoms with E-state index in [1.54, 1.807) is 40.0 Å². The maximum atomic E-state index is 12.5. The molecule has 0 radical (unpaired) electrons. The van der Waals surface area contributed by atoms with E-state index < -0.39 is 20.0 Å². The zero-order chi connectivity index (χ0) is 29.4. The molecule has 2 aromatic carbocycles. The van der Waals surface area contributed by atoms with Crippen LogP contribution in [0, 0.1) is 0 Å². The Labute approximate surface area is 233 Å². The van der Waals surface area contributed by atoms with Crippen molar-refractivity contribution in [3.8, 4) is 34.1 Å². The fourth-order valence-electron chi connectivity index (χ4n) is 4.49. The van der Waals surface area contributed by atoms with Gasteiger partial charge in [-0.3, -0.25) is 10.1 Å². The van der Waals surface area contributed by atoms with Gasteiger partial charge in [0.2, 0.25) is 5.75 Å². The Balaban J connectivity index is 2.80. The normalized spacial score (nSPS) is 11.5. The molecule has 10 heteroatoms. The second kappa shape index (κ2) is 13.7. The second-order valence-corrected chi connectivity index (χ2v) is 14.9. The Morgan fingerprint density at radius 2 is 1.46 bits per heavy atom. The minimum Gasteiger partial charge on any atom is -0.495 e. The predicted molar refractivity (Wildman–Crippen MR) is 155 cm³/mol. The van der Waals surface area contributed by atoms with Crippen LogP contribution in [-0.4, -0.2) is 54.7 Å². The molecule has 1 N–H and O–H groups in total. The van der Waals surface area contributed by atoms with Gasteiger partial charge in [0.25, 0.3) is 0 Å². The van der Waals surface area contributed by atoms with E-state index >= 15 is 0 Å². The summed E-state index contributed by atoms with van der Waals surface area (Å²) in [6, 6.07) is 8.04. The minimum atomic E-state index is -1.96. The van der Waals surface area contributed by atoms with Crippen molar-refractivity contribution in [1.29, 1.82) is 0 Å². The van der Waals surface area contributed by atoms with Gasteiger partial charge in [0.15, 0.2) is 26.1 Å². The summed E-state index contributed by atoms with van der Waals surface area (Å²) in [5.41, 5.74) is 1.83. The molecular weight excluding hydrogens is 518 g/mol. The number of aldehydes is 1. The predicted octanol–water partition coefficient (Wildman–Crippen LogP) is 7.07. The van der Waals surface area contributed by atoms with E-state index in [4.69, 9.17) is 28.1 Å². The van der Waals surface area contributed by atoms with Gasteiger partial charge in [0.1, 0.15) is 11.4 Å². The molecule has 0 aliphatic carbocycles. The SMILES string of the molecule is CC[Si](CC)(CC)OCc1cc(OC)c(OC)c(OC)c1-c1cc(OC)c(NC(=O)OC(C)(C)C)cc1C=O. The monoisotopic (exact) mass is 561 g/mol. The van der Waals surface area contributed by atoms with Crippen LogP contribution >= 0.6 is 0 Å². The van der Waals surface area contributed by atoms with Crippen LogP contribution in [0.1, 0.15) is 57.5 Å². The number of methoxy groups -OCH3 is 4. The van der Waals surface area contributed by atoms with Gasteiger partial charge < -0.3 is 28.1 Å². The third-order valence-corrected chi connectivity index (χ3v) is 11.4. The van der Waals surface area contributed by atoms with Gasteiger partial charge in [0, 0.05) is 16.7 Å². The van der Waals surface area contributed by atoms with Gasteiger partial charge in [-0.1, -0.05) is 20.8 Å². The van der Waals surface area contributed by atoms with Crippen molar-refractivity contribution >= 4 is 26.4 Å². The molecule has 39 heavy (non-hydrogen) atoms. The molecule has 0 heterocycles. The van der Waals surface area contributed by atoms with Crippen LogP contribution in [0.25, 0.3) is 11.1 Å². The quantitative estimate of drug-likeness (QED) is 0.205. The first-order valence-corrected chi connectivity index (χ1v) is 15.6. The smallest absolute Gasteiger partial charge is 0.412 e. The summed E-state index contributed by atoms with van der Waals surface area (Å²) in [6.45, 7) is 12.1. The molecule has 0 fully saturated rings. The lowest BCUT2D eigenvalue weighted by atomic mass is 9.93. The molecule has 0 saturated heterocycles. The second-order valence-electron chi connectivity index (χ2n) is 10.1. The molecule has 1 amide bonds. The lowest BCUT2D eigenvalue weighted by molar-refractivity contribution is 0.0635. The summed E-state index contributed by atoms with van der Waals surface area (Å²) in [4.78, 5) is 24.9. The number of carbonyl (C=O) groups is 2. The Morgan fingerprint density at radius 3 is 1.92 bits per heavy atom. The molecule has 2 rings (SSSR count). The molecule has 216 valence electrons. The molecule has 0 aliphatic rings. The van der Waals surface area contributed by atoms with Crippen molar-refractivity contribution in [1.82, 2.24) is 0 Å². The Hall–Kier alpha value is -3.24. The van der Waals surface area contributed by atoms with Gasteiger partial charge in [0.05, 0.1) is 40.7 Å². The van der Waals surface area contributed by atoms with Gasteiger partial charge in [-0.05, 0) is 62.7 Å². The number of amides is 1. The fraction of sp³-hybridized carbons (Fsp3) is 0.517. The molecule has 2 aromatic rings. The van der Waals surface area contributed by atoms with E-state index in [0.29, 0.717) is 52.0 Å². The number of benzene rings is 2. The molecule has 0 aliphatic heterocycles. The van der Waals surface area contributed by atoms with Crippen molar-refractivity contribution in [3.05, 3.63) is 29.3 Å². The van der Waals surface area contributed by atoms with Crippen LogP contribution in [0.15, 0.2) is 18.2 Å².